The van der Waals surface area contributed by atoms with Gasteiger partial charge in [0.1, 0.15) is 17.0 Å². The number of nitrogens with one attached hydrogen (secondary N) is 2. The number of anilines is 1. The molecule has 0 radical (unpaired) electrons. The molecule has 2 aliphatic rings. The Kier molecular flexibility index (Phi) is 6.19. The SMILES string of the molecule is CC(C)(C)OC(=O)N(c1nc(-c2cccc(OC(F)(F)F)c2)cn2c(C=C3NC(=O)NC3=O)cnc12)C1CC1. The molecule has 39 heavy (non-hydrogen) atoms. The van der Waals surface area contributed by atoms with E-state index in [4.69, 9.17) is 4.74 Å². The fourth-order valence-electron chi connectivity index (χ4n) is 3.93. The van der Waals surface area contributed by atoms with Crippen molar-refractivity contribution in [3.8, 4) is 17.0 Å². The molecule has 0 spiro atoms. The Morgan fingerprint density at radius 1 is 1.18 bits per heavy atom. The number of fused-ring (bicyclic) bond motifs is 1. The number of carbonyl (C=O) groups excluding carboxylic acids is 3. The number of hydrogen-bond donors (Lipinski definition) is 2. The number of imidazole rings is 1. The summed E-state index contributed by atoms with van der Waals surface area (Å²) >= 11 is 0. The van der Waals surface area contributed by atoms with E-state index in [0.717, 1.165) is 6.07 Å². The Balaban J connectivity index is 1.68. The predicted molar refractivity (Wildman–Crippen MR) is 131 cm³/mol. The third-order valence-corrected chi connectivity index (χ3v) is 5.61. The number of urea groups is 1. The van der Waals surface area contributed by atoms with Crippen LogP contribution in [0.2, 0.25) is 0 Å². The molecule has 204 valence electrons. The highest BCUT2D eigenvalue weighted by molar-refractivity contribution is 6.14. The van der Waals surface area contributed by atoms with Crippen molar-refractivity contribution < 1.29 is 37.0 Å². The Morgan fingerprint density at radius 3 is 2.54 bits per heavy atom. The van der Waals surface area contributed by atoms with Crippen molar-refractivity contribution in [3.05, 3.63) is 48.1 Å². The van der Waals surface area contributed by atoms with Crippen LogP contribution < -0.4 is 20.3 Å². The first-order valence-electron chi connectivity index (χ1n) is 11.9. The predicted octanol–water partition coefficient (Wildman–Crippen LogP) is 4.38. The van der Waals surface area contributed by atoms with Crippen LogP contribution in [0.4, 0.5) is 28.6 Å². The van der Waals surface area contributed by atoms with Crippen LogP contribution in [0.25, 0.3) is 23.0 Å². The molecule has 1 aliphatic carbocycles. The summed E-state index contributed by atoms with van der Waals surface area (Å²) in [6.07, 6.45) is 0.128. The van der Waals surface area contributed by atoms with Crippen molar-refractivity contribution in [1.29, 1.82) is 0 Å². The molecular formula is C25H23F3N6O5. The van der Waals surface area contributed by atoms with Crippen LogP contribution in [0.3, 0.4) is 0 Å². The number of benzene rings is 1. The Hall–Kier alpha value is -4.62. The molecule has 2 fully saturated rings. The van der Waals surface area contributed by atoms with Crippen LogP contribution >= 0.6 is 0 Å². The summed E-state index contributed by atoms with van der Waals surface area (Å²) in [6.45, 7) is 5.17. The number of aromatic nitrogens is 3. The van der Waals surface area contributed by atoms with Gasteiger partial charge >= 0.3 is 18.5 Å². The van der Waals surface area contributed by atoms with Crippen molar-refractivity contribution in [3.63, 3.8) is 0 Å². The molecule has 3 aromatic rings. The summed E-state index contributed by atoms with van der Waals surface area (Å²) < 4.78 is 49.8. The zero-order valence-corrected chi connectivity index (χ0v) is 21.0. The van der Waals surface area contributed by atoms with Gasteiger partial charge in [0.25, 0.3) is 5.91 Å². The van der Waals surface area contributed by atoms with Gasteiger partial charge in [-0.2, -0.15) is 0 Å². The first-order chi connectivity index (χ1) is 18.3. The second-order valence-electron chi connectivity index (χ2n) is 9.95. The Morgan fingerprint density at radius 2 is 1.92 bits per heavy atom. The number of hydrogen-bond acceptors (Lipinski definition) is 7. The Bertz CT molecular complexity index is 1520. The van der Waals surface area contributed by atoms with E-state index in [2.05, 4.69) is 25.3 Å². The van der Waals surface area contributed by atoms with Crippen molar-refractivity contribution in [2.75, 3.05) is 4.90 Å². The number of carbonyl (C=O) groups is 3. The van der Waals surface area contributed by atoms with Gasteiger partial charge in [0.05, 0.1) is 17.6 Å². The monoisotopic (exact) mass is 544 g/mol. The van der Waals surface area contributed by atoms with E-state index in [1.807, 2.05) is 0 Å². The van der Waals surface area contributed by atoms with Crippen LogP contribution in [-0.2, 0) is 9.53 Å². The molecule has 0 atom stereocenters. The minimum absolute atomic E-state index is 0.0338. The van der Waals surface area contributed by atoms with E-state index in [9.17, 15) is 27.6 Å². The van der Waals surface area contributed by atoms with E-state index in [1.54, 1.807) is 20.8 Å². The minimum atomic E-state index is -4.89. The third-order valence-electron chi connectivity index (χ3n) is 5.61. The second-order valence-corrected chi connectivity index (χ2v) is 9.95. The van der Waals surface area contributed by atoms with Gasteiger partial charge in [-0.3, -0.25) is 19.4 Å². The van der Waals surface area contributed by atoms with Gasteiger partial charge in [0.15, 0.2) is 11.5 Å². The highest BCUT2D eigenvalue weighted by Gasteiger charge is 2.39. The van der Waals surface area contributed by atoms with Crippen LogP contribution in [0.5, 0.6) is 5.75 Å². The van der Waals surface area contributed by atoms with Crippen LogP contribution in [0.1, 0.15) is 39.3 Å². The molecule has 2 aromatic heterocycles. The number of halogens is 3. The first kappa shape index (κ1) is 26.0. The summed E-state index contributed by atoms with van der Waals surface area (Å²) in [5.41, 5.74) is 0.186. The van der Waals surface area contributed by atoms with Gasteiger partial charge in [0.2, 0.25) is 0 Å². The summed E-state index contributed by atoms with van der Waals surface area (Å²) in [7, 11) is 0. The number of imide groups is 1. The highest BCUT2D eigenvalue weighted by Crippen LogP contribution is 2.36. The molecule has 1 saturated heterocycles. The van der Waals surface area contributed by atoms with Crippen LogP contribution in [0.15, 0.2) is 42.4 Å². The van der Waals surface area contributed by atoms with Crippen molar-refractivity contribution in [1.82, 2.24) is 25.0 Å². The third kappa shape index (κ3) is 5.78. The number of rotatable bonds is 5. The molecule has 1 saturated carbocycles. The highest BCUT2D eigenvalue weighted by atomic mass is 19.4. The number of ether oxygens (including phenoxy) is 2. The number of nitrogens with zero attached hydrogens (tertiary/aromatic N) is 4. The molecular weight excluding hydrogens is 521 g/mol. The summed E-state index contributed by atoms with van der Waals surface area (Å²) in [6, 6.07) is 4.33. The van der Waals surface area contributed by atoms with Gasteiger partial charge in [0, 0.05) is 17.8 Å². The topological polar surface area (TPSA) is 127 Å². The maximum absolute atomic E-state index is 13.3. The molecule has 4 amide bonds. The zero-order valence-electron chi connectivity index (χ0n) is 21.0. The molecule has 2 N–H and O–H groups in total. The fraction of sp³-hybridized carbons (Fsp3) is 0.320. The molecule has 1 aliphatic heterocycles. The number of amides is 4. The maximum atomic E-state index is 13.3. The van der Waals surface area contributed by atoms with Crippen molar-refractivity contribution in [2.24, 2.45) is 0 Å². The molecule has 11 nitrogen and oxygen atoms in total. The maximum Gasteiger partial charge on any atom is 0.573 e. The van der Waals surface area contributed by atoms with Crippen molar-refractivity contribution >= 4 is 35.6 Å². The average molecular weight is 544 g/mol. The Labute approximate surface area is 219 Å². The van der Waals surface area contributed by atoms with Gasteiger partial charge in [-0.1, -0.05) is 12.1 Å². The van der Waals surface area contributed by atoms with E-state index in [0.29, 0.717) is 18.5 Å². The van der Waals surface area contributed by atoms with Gasteiger partial charge in [-0.25, -0.2) is 19.6 Å². The van der Waals surface area contributed by atoms with Crippen molar-refractivity contribution in [2.45, 2.75) is 51.6 Å². The summed E-state index contributed by atoms with van der Waals surface area (Å²) in [4.78, 5) is 47.4. The molecule has 5 rings (SSSR count). The van der Waals surface area contributed by atoms with Gasteiger partial charge in [-0.05, 0) is 51.8 Å². The van der Waals surface area contributed by atoms with Crippen LogP contribution in [0, 0.1) is 0 Å². The molecule has 14 heteroatoms. The summed E-state index contributed by atoms with van der Waals surface area (Å²) in [5.74, 6) is -0.973. The number of alkyl halides is 3. The molecule has 1 aromatic carbocycles. The lowest BCUT2D eigenvalue weighted by molar-refractivity contribution is -0.274. The normalized spacial score (nSPS) is 16.8. The molecule has 3 heterocycles. The smallest absolute Gasteiger partial charge is 0.443 e. The van der Waals surface area contributed by atoms with E-state index in [1.165, 1.54) is 46.0 Å². The minimum Gasteiger partial charge on any atom is -0.443 e. The lowest BCUT2D eigenvalue weighted by Crippen LogP contribution is -2.39. The first-order valence-corrected chi connectivity index (χ1v) is 11.9. The summed E-state index contributed by atoms with van der Waals surface area (Å²) in [5, 5.41) is 4.49. The van der Waals surface area contributed by atoms with E-state index < -0.39 is 35.7 Å². The van der Waals surface area contributed by atoms with Crippen LogP contribution in [-0.4, -0.2) is 50.4 Å². The van der Waals surface area contributed by atoms with Gasteiger partial charge < -0.3 is 14.8 Å². The lowest BCUT2D eigenvalue weighted by atomic mass is 10.1. The zero-order chi connectivity index (χ0) is 28.1. The van der Waals surface area contributed by atoms with E-state index in [-0.39, 0.29) is 34.5 Å². The lowest BCUT2D eigenvalue weighted by Gasteiger charge is -2.27. The standard InChI is InChI=1S/C25H23F3N6O5/c1-24(2,3)39-23(37)34(14-7-8-14)20-19-29-11-15(10-17-21(35)32-22(36)31-17)33(19)12-18(30-20)13-5-4-6-16(9-13)38-25(26,27)28/h4-6,9-12,14H,7-8H2,1-3H3,(H2,31,32,35,36). The molecule has 0 bridgehead atoms. The fourth-order valence-corrected chi connectivity index (χ4v) is 3.93. The molecule has 0 unspecified atom stereocenters. The largest absolute Gasteiger partial charge is 0.573 e. The van der Waals surface area contributed by atoms with Gasteiger partial charge in [-0.15, -0.1) is 13.2 Å². The quantitative estimate of drug-likeness (QED) is 0.361. The average Bonchev–Trinajstić information content (AvgIpc) is 3.47. The van der Waals surface area contributed by atoms with E-state index >= 15 is 0 Å². The second kappa shape index (κ2) is 9.29.